The van der Waals surface area contributed by atoms with E-state index in [2.05, 4.69) is 0 Å². The molecule has 2 aliphatic rings. The molecule has 0 radical (unpaired) electrons. The topological polar surface area (TPSA) is 70.8 Å². The zero-order valence-electron chi connectivity index (χ0n) is 14.2. The van der Waals surface area contributed by atoms with Gasteiger partial charge in [-0.2, -0.15) is 0 Å². The first-order valence-electron chi connectivity index (χ1n) is 8.66. The zero-order chi connectivity index (χ0) is 17.2. The molecule has 0 N–H and O–H groups in total. The molecule has 1 aliphatic heterocycles. The second-order valence-corrected chi connectivity index (χ2v) is 9.33. The molecule has 1 atom stereocenters. The highest BCUT2D eigenvalue weighted by atomic mass is 32.2. The molecule has 1 unspecified atom stereocenters. The molecule has 1 aromatic rings. The van der Waals surface area contributed by atoms with Gasteiger partial charge in [-0.1, -0.05) is 12.8 Å². The molecule has 1 aromatic heterocycles. The van der Waals surface area contributed by atoms with Gasteiger partial charge in [-0.05, 0) is 32.4 Å². The van der Waals surface area contributed by atoms with E-state index < -0.39 is 9.84 Å². The summed E-state index contributed by atoms with van der Waals surface area (Å²) in [6.45, 7) is 0.946. The fourth-order valence-corrected chi connectivity index (χ4v) is 5.66. The molecule has 2 heterocycles. The van der Waals surface area contributed by atoms with Crippen LogP contribution in [0.1, 0.15) is 37.7 Å². The summed E-state index contributed by atoms with van der Waals surface area (Å²) in [6.07, 6.45) is 8.12. The Balaban J connectivity index is 1.66. The number of nitrogens with zero attached hydrogens (tertiary/aromatic N) is 2. The van der Waals surface area contributed by atoms with Gasteiger partial charge < -0.3 is 9.32 Å². The standard InChI is InChI=1S/C17H26N2O4S/c1-18(10-14-6-8-23-12-14)11-17(20)19(15-4-2-3-5-15)16-7-9-24(21,22)13-16/h6,8,12,15-16H,2-5,7,9-11,13H2,1H3. The highest BCUT2D eigenvalue weighted by Crippen LogP contribution is 2.29. The smallest absolute Gasteiger partial charge is 0.237 e. The van der Waals surface area contributed by atoms with Crippen molar-refractivity contribution in [2.75, 3.05) is 25.1 Å². The van der Waals surface area contributed by atoms with Crippen LogP contribution in [0.5, 0.6) is 0 Å². The predicted molar refractivity (Wildman–Crippen MR) is 91.2 cm³/mol. The van der Waals surface area contributed by atoms with Crippen LogP contribution in [0.3, 0.4) is 0 Å². The van der Waals surface area contributed by atoms with Gasteiger partial charge in [-0.15, -0.1) is 0 Å². The number of carbonyl (C=O) groups excluding carboxylic acids is 1. The largest absolute Gasteiger partial charge is 0.472 e. The Morgan fingerprint density at radius 3 is 2.58 bits per heavy atom. The van der Waals surface area contributed by atoms with E-state index in [9.17, 15) is 13.2 Å². The summed E-state index contributed by atoms with van der Waals surface area (Å²) >= 11 is 0. The van der Waals surface area contributed by atoms with Gasteiger partial charge in [0.1, 0.15) is 0 Å². The van der Waals surface area contributed by atoms with E-state index in [0.717, 1.165) is 31.2 Å². The van der Waals surface area contributed by atoms with Gasteiger partial charge in [-0.3, -0.25) is 9.69 Å². The number of furan rings is 1. The lowest BCUT2D eigenvalue weighted by molar-refractivity contribution is -0.136. The van der Waals surface area contributed by atoms with E-state index in [1.807, 2.05) is 22.9 Å². The maximum atomic E-state index is 12.9. The Bertz CT molecular complexity index is 650. The Labute approximate surface area is 143 Å². The van der Waals surface area contributed by atoms with E-state index in [1.54, 1.807) is 12.5 Å². The van der Waals surface area contributed by atoms with Crippen LogP contribution in [-0.2, 0) is 21.2 Å². The lowest BCUT2D eigenvalue weighted by atomic mass is 10.1. The van der Waals surface area contributed by atoms with Crippen molar-refractivity contribution in [1.82, 2.24) is 9.80 Å². The molecule has 6 nitrogen and oxygen atoms in total. The van der Waals surface area contributed by atoms with E-state index in [1.165, 1.54) is 0 Å². The number of carbonyl (C=O) groups is 1. The summed E-state index contributed by atoms with van der Waals surface area (Å²) in [5.41, 5.74) is 1.03. The van der Waals surface area contributed by atoms with Crippen LogP contribution in [0.2, 0.25) is 0 Å². The number of amides is 1. The summed E-state index contributed by atoms with van der Waals surface area (Å²) in [5, 5.41) is 0. The molecule has 24 heavy (non-hydrogen) atoms. The fourth-order valence-electron chi connectivity index (χ4n) is 3.95. The fraction of sp³-hybridized carbons (Fsp3) is 0.706. The Hall–Kier alpha value is -1.34. The Kier molecular flexibility index (Phi) is 5.30. The van der Waals surface area contributed by atoms with E-state index in [-0.39, 0.29) is 29.5 Å². The second-order valence-electron chi connectivity index (χ2n) is 7.10. The molecule has 0 spiro atoms. The first kappa shape index (κ1) is 17.5. The lowest BCUT2D eigenvalue weighted by Gasteiger charge is -2.35. The zero-order valence-corrected chi connectivity index (χ0v) is 15.0. The highest BCUT2D eigenvalue weighted by molar-refractivity contribution is 7.91. The van der Waals surface area contributed by atoms with Crippen molar-refractivity contribution >= 4 is 15.7 Å². The highest BCUT2D eigenvalue weighted by Gasteiger charge is 2.39. The van der Waals surface area contributed by atoms with Gasteiger partial charge in [-0.25, -0.2) is 8.42 Å². The summed E-state index contributed by atoms with van der Waals surface area (Å²) in [5.74, 6) is 0.384. The van der Waals surface area contributed by atoms with Crippen LogP contribution in [0.4, 0.5) is 0 Å². The first-order valence-corrected chi connectivity index (χ1v) is 10.5. The molecular weight excluding hydrogens is 328 g/mol. The average molecular weight is 354 g/mol. The minimum Gasteiger partial charge on any atom is -0.472 e. The molecule has 134 valence electrons. The van der Waals surface area contributed by atoms with Crippen LogP contribution in [0.25, 0.3) is 0 Å². The van der Waals surface area contributed by atoms with Crippen molar-refractivity contribution in [3.05, 3.63) is 24.2 Å². The third kappa shape index (κ3) is 4.19. The molecule has 0 bridgehead atoms. The van der Waals surface area contributed by atoms with Gasteiger partial charge in [0.25, 0.3) is 0 Å². The number of hydrogen-bond acceptors (Lipinski definition) is 5. The predicted octanol–water partition coefficient (Wildman–Crippen LogP) is 1.67. The number of rotatable bonds is 6. The molecule has 1 amide bonds. The molecular formula is C17H26N2O4S. The summed E-state index contributed by atoms with van der Waals surface area (Å²) in [7, 11) is -1.09. The van der Waals surface area contributed by atoms with Crippen molar-refractivity contribution in [1.29, 1.82) is 0 Å². The van der Waals surface area contributed by atoms with Crippen LogP contribution < -0.4 is 0 Å². The van der Waals surface area contributed by atoms with Crippen LogP contribution in [0, 0.1) is 0 Å². The van der Waals surface area contributed by atoms with E-state index >= 15 is 0 Å². The summed E-state index contributed by atoms with van der Waals surface area (Å²) < 4.78 is 28.8. The van der Waals surface area contributed by atoms with Crippen molar-refractivity contribution < 1.29 is 17.6 Å². The van der Waals surface area contributed by atoms with Gasteiger partial charge in [0, 0.05) is 24.2 Å². The summed E-state index contributed by atoms with van der Waals surface area (Å²) in [4.78, 5) is 16.8. The molecule has 0 aromatic carbocycles. The van der Waals surface area contributed by atoms with Crippen molar-refractivity contribution in [2.24, 2.45) is 0 Å². The Morgan fingerprint density at radius 1 is 1.25 bits per heavy atom. The van der Waals surface area contributed by atoms with Crippen molar-refractivity contribution in [3.8, 4) is 0 Å². The minimum atomic E-state index is -2.99. The number of sulfone groups is 1. The molecule has 1 saturated carbocycles. The molecule has 2 fully saturated rings. The monoisotopic (exact) mass is 354 g/mol. The maximum Gasteiger partial charge on any atom is 0.237 e. The quantitative estimate of drug-likeness (QED) is 0.777. The third-order valence-electron chi connectivity index (χ3n) is 5.05. The second kappa shape index (κ2) is 7.27. The molecule has 7 heteroatoms. The maximum absolute atomic E-state index is 12.9. The Morgan fingerprint density at radius 2 is 2.00 bits per heavy atom. The summed E-state index contributed by atoms with van der Waals surface area (Å²) in [6, 6.07) is 1.95. The molecule has 1 saturated heterocycles. The van der Waals surface area contributed by atoms with E-state index in [0.29, 0.717) is 19.5 Å². The number of hydrogen-bond donors (Lipinski definition) is 0. The van der Waals surface area contributed by atoms with Crippen LogP contribution in [-0.4, -0.2) is 61.3 Å². The van der Waals surface area contributed by atoms with Gasteiger partial charge in [0.05, 0.1) is 30.6 Å². The minimum absolute atomic E-state index is 0.0509. The van der Waals surface area contributed by atoms with Crippen LogP contribution >= 0.6 is 0 Å². The SMILES string of the molecule is CN(CC(=O)N(C1CCCC1)C1CCS(=O)(=O)C1)Cc1ccoc1. The van der Waals surface area contributed by atoms with Gasteiger partial charge in [0.15, 0.2) is 9.84 Å². The molecule has 3 rings (SSSR count). The molecule has 1 aliphatic carbocycles. The first-order chi connectivity index (χ1) is 11.4. The lowest BCUT2D eigenvalue weighted by Crippen LogP contribution is -2.50. The third-order valence-corrected chi connectivity index (χ3v) is 6.80. The van der Waals surface area contributed by atoms with Crippen molar-refractivity contribution in [2.45, 2.75) is 50.7 Å². The average Bonchev–Trinajstić information content (AvgIpc) is 3.22. The van der Waals surface area contributed by atoms with Crippen LogP contribution in [0.15, 0.2) is 23.0 Å². The number of likely N-dealkylation sites (N-methyl/N-ethyl adjacent to an activating group) is 1. The van der Waals surface area contributed by atoms with Gasteiger partial charge in [0.2, 0.25) is 5.91 Å². The van der Waals surface area contributed by atoms with Crippen molar-refractivity contribution in [3.63, 3.8) is 0 Å². The normalized spacial score (nSPS) is 23.8. The van der Waals surface area contributed by atoms with Gasteiger partial charge >= 0.3 is 0 Å². The van der Waals surface area contributed by atoms with E-state index in [4.69, 9.17) is 4.42 Å².